The van der Waals surface area contributed by atoms with Gasteiger partial charge >= 0.3 is 0 Å². The fourth-order valence-corrected chi connectivity index (χ4v) is 2.64. The van der Waals surface area contributed by atoms with Crippen molar-refractivity contribution >= 4 is 39.3 Å². The number of amides is 1. The summed E-state index contributed by atoms with van der Waals surface area (Å²) in [6.07, 6.45) is 0. The highest BCUT2D eigenvalue weighted by atomic mass is 79.9. The number of carbonyl (C=O) groups excluding carboxylic acids is 1. The molecule has 0 aliphatic heterocycles. The van der Waals surface area contributed by atoms with Crippen molar-refractivity contribution in [2.45, 2.75) is 17.1 Å². The molecule has 0 heterocycles. The molecule has 0 saturated carbocycles. The minimum atomic E-state index is -0.126. The van der Waals surface area contributed by atoms with Crippen LogP contribution in [0.3, 0.4) is 0 Å². The zero-order valence-corrected chi connectivity index (χ0v) is 11.9. The Hall–Kier alpha value is -0.680. The predicted octanol–water partition coefficient (Wildman–Crippen LogP) is 2.60. The van der Waals surface area contributed by atoms with E-state index < -0.39 is 0 Å². The summed E-state index contributed by atoms with van der Waals surface area (Å²) >= 11 is 4.83. The lowest BCUT2D eigenvalue weighted by atomic mass is 10.3. The van der Waals surface area contributed by atoms with Crippen molar-refractivity contribution in [1.82, 2.24) is 4.90 Å². The maximum absolute atomic E-state index is 11.7. The number of nitrogens with two attached hydrogens (primary N) is 1. The number of thioether (sulfide) groups is 1. The maximum atomic E-state index is 11.7. The number of anilines is 1. The molecule has 0 aliphatic carbocycles. The van der Waals surface area contributed by atoms with Gasteiger partial charge in [0.15, 0.2) is 0 Å². The fourth-order valence-electron chi connectivity index (χ4n) is 1.23. The number of hydrogen-bond acceptors (Lipinski definition) is 3. The lowest BCUT2D eigenvalue weighted by Crippen LogP contribution is -2.29. The summed E-state index contributed by atoms with van der Waals surface area (Å²) in [7, 11) is 3.51. The van der Waals surface area contributed by atoms with Gasteiger partial charge in [-0.2, -0.15) is 0 Å². The van der Waals surface area contributed by atoms with Crippen molar-refractivity contribution in [3.63, 3.8) is 0 Å². The van der Waals surface area contributed by atoms with E-state index in [0.29, 0.717) is 5.69 Å². The van der Waals surface area contributed by atoms with Gasteiger partial charge in [-0.25, -0.2) is 0 Å². The summed E-state index contributed by atoms with van der Waals surface area (Å²) in [5, 5.41) is -0.126. The molecule has 2 N–H and O–H groups in total. The van der Waals surface area contributed by atoms with Gasteiger partial charge in [-0.3, -0.25) is 4.79 Å². The van der Waals surface area contributed by atoms with E-state index in [4.69, 9.17) is 5.73 Å². The lowest BCUT2D eigenvalue weighted by molar-refractivity contribution is -0.127. The van der Waals surface area contributed by atoms with E-state index in [1.807, 2.05) is 25.1 Å². The summed E-state index contributed by atoms with van der Waals surface area (Å²) < 4.78 is 0.945. The molecule has 0 aliphatic rings. The summed E-state index contributed by atoms with van der Waals surface area (Å²) in [4.78, 5) is 14.2. The van der Waals surface area contributed by atoms with E-state index in [1.54, 1.807) is 19.0 Å². The Balaban J connectivity index is 2.77. The van der Waals surface area contributed by atoms with E-state index in [0.717, 1.165) is 9.37 Å². The van der Waals surface area contributed by atoms with Gasteiger partial charge in [0.1, 0.15) is 0 Å². The summed E-state index contributed by atoms with van der Waals surface area (Å²) in [5.41, 5.74) is 6.56. The van der Waals surface area contributed by atoms with Crippen LogP contribution in [0.5, 0.6) is 0 Å². The van der Waals surface area contributed by atoms with E-state index in [2.05, 4.69) is 15.9 Å². The molecule has 1 rings (SSSR count). The first-order valence-electron chi connectivity index (χ1n) is 4.84. The summed E-state index contributed by atoms with van der Waals surface area (Å²) in [6.45, 7) is 1.88. The number of rotatable bonds is 3. The molecule has 1 atom stereocenters. The lowest BCUT2D eigenvalue weighted by Gasteiger charge is -2.17. The molecule has 3 nitrogen and oxygen atoms in total. The Morgan fingerprint density at radius 2 is 2.12 bits per heavy atom. The van der Waals surface area contributed by atoms with Crippen LogP contribution in [-0.4, -0.2) is 30.2 Å². The standard InChI is InChI=1S/C11H15BrN2OS/c1-7(11(15)14(2)3)16-10-5-4-8(12)6-9(10)13/h4-7H,13H2,1-3H3. The van der Waals surface area contributed by atoms with Gasteiger partial charge in [0.05, 0.1) is 5.25 Å². The third kappa shape index (κ3) is 3.42. The molecule has 0 fully saturated rings. The highest BCUT2D eigenvalue weighted by Crippen LogP contribution is 2.31. The second-order valence-corrected chi connectivity index (χ2v) is 5.97. The highest BCUT2D eigenvalue weighted by molar-refractivity contribution is 9.10. The fraction of sp³-hybridized carbons (Fsp3) is 0.364. The number of nitrogen functional groups attached to an aromatic ring is 1. The van der Waals surface area contributed by atoms with Crippen molar-refractivity contribution in [1.29, 1.82) is 0 Å². The number of halogens is 1. The molecule has 0 spiro atoms. The van der Waals surface area contributed by atoms with Crippen molar-refractivity contribution in [2.75, 3.05) is 19.8 Å². The van der Waals surface area contributed by atoms with E-state index in [9.17, 15) is 4.79 Å². The molecular weight excluding hydrogens is 288 g/mol. The third-order valence-corrected chi connectivity index (χ3v) is 3.74. The average molecular weight is 303 g/mol. The first-order valence-corrected chi connectivity index (χ1v) is 6.52. The Bertz CT molecular complexity index is 396. The van der Waals surface area contributed by atoms with E-state index in [-0.39, 0.29) is 11.2 Å². The molecule has 5 heteroatoms. The van der Waals surface area contributed by atoms with E-state index >= 15 is 0 Å². The molecule has 16 heavy (non-hydrogen) atoms. The molecule has 0 saturated heterocycles. The highest BCUT2D eigenvalue weighted by Gasteiger charge is 2.17. The van der Waals surface area contributed by atoms with Gasteiger partial charge in [0.25, 0.3) is 0 Å². The van der Waals surface area contributed by atoms with Crippen LogP contribution in [0.25, 0.3) is 0 Å². The quantitative estimate of drug-likeness (QED) is 0.689. The van der Waals surface area contributed by atoms with Gasteiger partial charge in [-0.1, -0.05) is 15.9 Å². The Labute approximate surface area is 109 Å². The van der Waals surface area contributed by atoms with Crippen molar-refractivity contribution < 1.29 is 4.79 Å². The average Bonchev–Trinajstić information content (AvgIpc) is 2.20. The van der Waals surface area contributed by atoms with Gasteiger partial charge in [-0.05, 0) is 25.1 Å². The first kappa shape index (κ1) is 13.4. The van der Waals surface area contributed by atoms with Crippen LogP contribution in [0.15, 0.2) is 27.6 Å². The Morgan fingerprint density at radius 1 is 1.50 bits per heavy atom. The smallest absolute Gasteiger partial charge is 0.235 e. The predicted molar refractivity (Wildman–Crippen MR) is 72.6 cm³/mol. The molecular formula is C11H15BrN2OS. The second-order valence-electron chi connectivity index (χ2n) is 3.67. The summed E-state index contributed by atoms with van der Waals surface area (Å²) in [5.74, 6) is 0.0901. The van der Waals surface area contributed by atoms with Crippen LogP contribution < -0.4 is 5.73 Å². The zero-order valence-electron chi connectivity index (χ0n) is 9.53. The minimum absolute atomic E-state index is 0.0901. The van der Waals surface area contributed by atoms with Crippen molar-refractivity contribution in [3.05, 3.63) is 22.7 Å². The molecule has 0 aromatic heterocycles. The van der Waals surface area contributed by atoms with Crippen LogP contribution >= 0.6 is 27.7 Å². The topological polar surface area (TPSA) is 46.3 Å². The van der Waals surface area contributed by atoms with Gasteiger partial charge < -0.3 is 10.6 Å². The van der Waals surface area contributed by atoms with Crippen LogP contribution in [-0.2, 0) is 4.79 Å². The molecule has 1 unspecified atom stereocenters. The van der Waals surface area contributed by atoms with E-state index in [1.165, 1.54) is 11.8 Å². The van der Waals surface area contributed by atoms with Crippen molar-refractivity contribution in [3.8, 4) is 0 Å². The summed E-state index contributed by atoms with van der Waals surface area (Å²) in [6, 6.07) is 5.68. The largest absolute Gasteiger partial charge is 0.398 e. The Kier molecular flexibility index (Phi) is 4.68. The second kappa shape index (κ2) is 5.59. The van der Waals surface area contributed by atoms with Crippen molar-refractivity contribution in [2.24, 2.45) is 0 Å². The number of hydrogen-bond donors (Lipinski definition) is 1. The van der Waals surface area contributed by atoms with Crippen LogP contribution in [0.2, 0.25) is 0 Å². The molecule has 88 valence electrons. The molecule has 1 aromatic carbocycles. The molecule has 1 aromatic rings. The number of nitrogens with zero attached hydrogens (tertiary/aromatic N) is 1. The normalized spacial score (nSPS) is 12.2. The van der Waals surface area contributed by atoms with Crippen LogP contribution in [0.4, 0.5) is 5.69 Å². The number of carbonyl (C=O) groups is 1. The Morgan fingerprint density at radius 3 is 2.62 bits per heavy atom. The van der Waals surface area contributed by atoms with Gasteiger partial charge in [-0.15, -0.1) is 11.8 Å². The van der Waals surface area contributed by atoms with Crippen LogP contribution in [0, 0.1) is 0 Å². The van der Waals surface area contributed by atoms with Gasteiger partial charge in [0, 0.05) is 29.2 Å². The SMILES string of the molecule is CC(Sc1ccc(Br)cc1N)C(=O)N(C)C. The van der Waals surface area contributed by atoms with Gasteiger partial charge in [0.2, 0.25) is 5.91 Å². The molecule has 1 amide bonds. The molecule has 0 bridgehead atoms. The number of benzene rings is 1. The van der Waals surface area contributed by atoms with Crippen LogP contribution in [0.1, 0.15) is 6.92 Å². The zero-order chi connectivity index (χ0) is 12.3. The minimum Gasteiger partial charge on any atom is -0.398 e. The maximum Gasteiger partial charge on any atom is 0.235 e. The monoisotopic (exact) mass is 302 g/mol. The third-order valence-electron chi connectivity index (χ3n) is 2.06. The molecule has 0 radical (unpaired) electrons. The first-order chi connectivity index (χ1) is 7.41.